The van der Waals surface area contributed by atoms with E-state index in [0.29, 0.717) is 12.0 Å². The summed E-state index contributed by atoms with van der Waals surface area (Å²) in [5.41, 5.74) is 4.21. The monoisotopic (exact) mass is 317 g/mol. The Labute approximate surface area is 138 Å². The van der Waals surface area contributed by atoms with E-state index < -0.39 is 0 Å². The average molecular weight is 317 g/mol. The van der Waals surface area contributed by atoms with Crippen LogP contribution in [0.2, 0.25) is 0 Å². The van der Waals surface area contributed by atoms with Gasteiger partial charge in [-0.15, -0.1) is 0 Å². The van der Waals surface area contributed by atoms with Gasteiger partial charge in [-0.3, -0.25) is 15.0 Å². The summed E-state index contributed by atoms with van der Waals surface area (Å²) in [6.07, 6.45) is 6.48. The number of unbranched alkanes of at least 4 members (excludes halogenated alkanes) is 4. The van der Waals surface area contributed by atoms with E-state index in [-0.39, 0.29) is 18.0 Å². The predicted octanol–water partition coefficient (Wildman–Crippen LogP) is 3.68. The lowest BCUT2D eigenvalue weighted by Gasteiger charge is -2.37. The van der Waals surface area contributed by atoms with Crippen LogP contribution < -0.4 is 10.7 Å². The highest BCUT2D eigenvalue weighted by Crippen LogP contribution is 2.25. The molecule has 126 valence electrons. The number of hydrogen-bond acceptors (Lipinski definition) is 3. The molecule has 0 saturated carbocycles. The van der Waals surface area contributed by atoms with E-state index in [1.807, 2.05) is 25.1 Å². The molecule has 0 aliphatic carbocycles. The van der Waals surface area contributed by atoms with Gasteiger partial charge in [-0.05, 0) is 25.0 Å². The van der Waals surface area contributed by atoms with E-state index in [2.05, 4.69) is 17.7 Å². The van der Waals surface area contributed by atoms with Crippen LogP contribution in [-0.4, -0.2) is 23.0 Å². The van der Waals surface area contributed by atoms with Gasteiger partial charge < -0.3 is 5.32 Å². The normalized spacial score (nSPS) is 16.7. The third-order valence-electron chi connectivity index (χ3n) is 4.15. The molecular weight excluding hydrogens is 290 g/mol. The highest BCUT2D eigenvalue weighted by atomic mass is 16.2. The zero-order chi connectivity index (χ0) is 16.7. The van der Waals surface area contributed by atoms with Crippen molar-refractivity contribution >= 4 is 17.5 Å². The summed E-state index contributed by atoms with van der Waals surface area (Å²) in [4.78, 5) is 24.7. The largest absolute Gasteiger partial charge is 0.363 e. The van der Waals surface area contributed by atoms with Crippen molar-refractivity contribution in [3.8, 4) is 0 Å². The quantitative estimate of drug-likeness (QED) is 0.719. The molecule has 2 rings (SSSR count). The van der Waals surface area contributed by atoms with E-state index in [1.165, 1.54) is 24.3 Å². The molecule has 1 aromatic rings. The molecule has 1 unspecified atom stereocenters. The number of rotatable bonds is 8. The van der Waals surface area contributed by atoms with Gasteiger partial charge in [-0.2, -0.15) is 0 Å². The van der Waals surface area contributed by atoms with Crippen LogP contribution in [0.1, 0.15) is 69.2 Å². The van der Waals surface area contributed by atoms with Crippen molar-refractivity contribution in [1.29, 1.82) is 0 Å². The molecule has 23 heavy (non-hydrogen) atoms. The van der Waals surface area contributed by atoms with Gasteiger partial charge >= 0.3 is 0 Å². The number of hydrogen-bond donors (Lipinski definition) is 2. The molecule has 0 bridgehead atoms. The van der Waals surface area contributed by atoms with Crippen molar-refractivity contribution in [2.45, 2.75) is 65.0 Å². The first kappa shape index (κ1) is 17.3. The zero-order valence-electron chi connectivity index (χ0n) is 14.1. The van der Waals surface area contributed by atoms with E-state index >= 15 is 0 Å². The highest BCUT2D eigenvalue weighted by molar-refractivity contribution is 6.02. The molecular formula is C18H27N3O2. The number of nitrogens with one attached hydrogen (secondary N) is 2. The van der Waals surface area contributed by atoms with Crippen LogP contribution in [-0.2, 0) is 4.79 Å². The summed E-state index contributed by atoms with van der Waals surface area (Å²) in [6.45, 7) is 4.16. The van der Waals surface area contributed by atoms with Gasteiger partial charge in [0.05, 0.1) is 5.56 Å². The lowest BCUT2D eigenvalue weighted by atomic mass is 10.1. The Balaban J connectivity index is 1.93. The van der Waals surface area contributed by atoms with Crippen LogP contribution in [0.25, 0.3) is 0 Å². The number of amides is 2. The van der Waals surface area contributed by atoms with Crippen LogP contribution in [0, 0.1) is 0 Å². The SMILES string of the molecule is CCCCCCCC(=O)NN1C(=O)c2ccccc2NC1CC. The lowest BCUT2D eigenvalue weighted by molar-refractivity contribution is -0.125. The molecule has 1 aliphatic heterocycles. The molecule has 0 aromatic heterocycles. The number of para-hydroxylation sites is 1. The van der Waals surface area contributed by atoms with Crippen LogP contribution in [0.5, 0.6) is 0 Å². The van der Waals surface area contributed by atoms with Gasteiger partial charge in [-0.25, -0.2) is 5.01 Å². The maximum Gasteiger partial charge on any atom is 0.276 e. The van der Waals surface area contributed by atoms with Crippen LogP contribution in [0.15, 0.2) is 24.3 Å². The Bertz CT molecular complexity index is 545. The summed E-state index contributed by atoms with van der Waals surface area (Å²) in [7, 11) is 0. The van der Waals surface area contributed by atoms with Gasteiger partial charge in [0.2, 0.25) is 5.91 Å². The first-order valence-corrected chi connectivity index (χ1v) is 8.66. The Kier molecular flexibility index (Phi) is 6.44. The number of nitrogens with zero attached hydrogens (tertiary/aromatic N) is 1. The summed E-state index contributed by atoms with van der Waals surface area (Å²) >= 11 is 0. The topological polar surface area (TPSA) is 61.4 Å². The Morgan fingerprint density at radius 3 is 2.65 bits per heavy atom. The fourth-order valence-electron chi connectivity index (χ4n) is 2.80. The summed E-state index contributed by atoms with van der Waals surface area (Å²) in [5, 5.41) is 4.75. The minimum Gasteiger partial charge on any atom is -0.363 e. The van der Waals surface area contributed by atoms with Crippen LogP contribution in [0.3, 0.4) is 0 Å². The molecule has 0 spiro atoms. The number of carbonyl (C=O) groups excluding carboxylic acids is 2. The lowest BCUT2D eigenvalue weighted by Crippen LogP contribution is -2.57. The van der Waals surface area contributed by atoms with Crippen molar-refractivity contribution in [3.63, 3.8) is 0 Å². The fraction of sp³-hybridized carbons (Fsp3) is 0.556. The van der Waals surface area contributed by atoms with Gasteiger partial charge in [0, 0.05) is 12.1 Å². The molecule has 5 heteroatoms. The number of benzene rings is 1. The van der Waals surface area contributed by atoms with Crippen molar-refractivity contribution < 1.29 is 9.59 Å². The van der Waals surface area contributed by atoms with E-state index in [9.17, 15) is 9.59 Å². The average Bonchev–Trinajstić information content (AvgIpc) is 2.57. The molecule has 0 fully saturated rings. The van der Waals surface area contributed by atoms with Crippen LogP contribution >= 0.6 is 0 Å². The van der Waals surface area contributed by atoms with E-state index in [0.717, 1.165) is 24.9 Å². The third kappa shape index (κ3) is 4.47. The second-order valence-electron chi connectivity index (χ2n) is 5.99. The Hall–Kier alpha value is -2.04. The van der Waals surface area contributed by atoms with Crippen LogP contribution in [0.4, 0.5) is 5.69 Å². The Morgan fingerprint density at radius 1 is 1.17 bits per heavy atom. The molecule has 2 amide bonds. The molecule has 1 aliphatic rings. The maximum absolute atomic E-state index is 12.6. The number of anilines is 1. The minimum absolute atomic E-state index is 0.0884. The van der Waals surface area contributed by atoms with Crippen molar-refractivity contribution in [3.05, 3.63) is 29.8 Å². The Morgan fingerprint density at radius 2 is 1.91 bits per heavy atom. The molecule has 1 heterocycles. The molecule has 1 aromatic carbocycles. The standard InChI is InChI=1S/C18H27N3O2/c1-3-5-6-7-8-13-17(22)20-21-16(4-2)19-15-12-10-9-11-14(15)18(21)23/h9-12,16,19H,3-8,13H2,1-2H3,(H,20,22). The first-order chi connectivity index (χ1) is 11.2. The molecule has 1 atom stereocenters. The molecule has 0 radical (unpaired) electrons. The van der Waals surface area contributed by atoms with Crippen molar-refractivity contribution in [2.24, 2.45) is 0 Å². The van der Waals surface area contributed by atoms with E-state index in [4.69, 9.17) is 0 Å². The first-order valence-electron chi connectivity index (χ1n) is 8.66. The number of carbonyl (C=O) groups is 2. The summed E-state index contributed by atoms with van der Waals surface area (Å²) in [6, 6.07) is 7.40. The molecule has 2 N–H and O–H groups in total. The third-order valence-corrected chi connectivity index (χ3v) is 4.15. The fourth-order valence-corrected chi connectivity index (χ4v) is 2.80. The number of fused-ring (bicyclic) bond motifs is 1. The predicted molar refractivity (Wildman–Crippen MR) is 91.8 cm³/mol. The second-order valence-corrected chi connectivity index (χ2v) is 5.99. The maximum atomic E-state index is 12.6. The van der Waals surface area contributed by atoms with Gasteiger partial charge in [0.1, 0.15) is 6.17 Å². The second kappa shape index (κ2) is 8.56. The van der Waals surface area contributed by atoms with Gasteiger partial charge in [0.15, 0.2) is 0 Å². The smallest absolute Gasteiger partial charge is 0.276 e. The summed E-state index contributed by atoms with van der Waals surface area (Å²) < 4.78 is 0. The number of hydrazine groups is 1. The zero-order valence-corrected chi connectivity index (χ0v) is 14.1. The minimum atomic E-state index is -0.207. The summed E-state index contributed by atoms with van der Waals surface area (Å²) in [5.74, 6) is -0.236. The van der Waals surface area contributed by atoms with E-state index in [1.54, 1.807) is 6.07 Å². The van der Waals surface area contributed by atoms with Crippen molar-refractivity contribution in [2.75, 3.05) is 5.32 Å². The van der Waals surface area contributed by atoms with Gasteiger partial charge in [-0.1, -0.05) is 51.7 Å². The molecule has 5 nitrogen and oxygen atoms in total. The molecule has 0 saturated heterocycles. The highest BCUT2D eigenvalue weighted by Gasteiger charge is 2.31. The van der Waals surface area contributed by atoms with Crippen molar-refractivity contribution in [1.82, 2.24) is 10.4 Å². The van der Waals surface area contributed by atoms with Gasteiger partial charge in [0.25, 0.3) is 5.91 Å².